The first kappa shape index (κ1) is 12.6. The van der Waals surface area contributed by atoms with E-state index >= 15 is 0 Å². The van der Waals surface area contributed by atoms with Crippen LogP contribution in [0.1, 0.15) is 17.4 Å². The third-order valence-corrected chi connectivity index (χ3v) is 3.38. The number of hydrogen-bond acceptors (Lipinski definition) is 4. The fourth-order valence-corrected chi connectivity index (χ4v) is 2.11. The largest absolute Gasteiger partial charge is 0.444 e. The van der Waals surface area contributed by atoms with Crippen molar-refractivity contribution in [2.45, 2.75) is 20.0 Å². The zero-order valence-corrected chi connectivity index (χ0v) is 10.9. The van der Waals surface area contributed by atoms with Crippen LogP contribution < -0.4 is 5.32 Å². The Balaban J connectivity index is 1.82. The molecule has 0 saturated carbocycles. The van der Waals surface area contributed by atoms with Gasteiger partial charge in [-0.25, -0.2) is 9.78 Å². The number of rotatable bonds is 4. The van der Waals surface area contributed by atoms with Crippen molar-refractivity contribution in [2.24, 2.45) is 0 Å². The Morgan fingerprint density at radius 1 is 1.39 bits per heavy atom. The van der Waals surface area contributed by atoms with Crippen molar-refractivity contribution in [3.05, 3.63) is 47.0 Å². The fraction of sp³-hybridized carbons (Fsp3) is 0.231. The van der Waals surface area contributed by atoms with E-state index in [1.165, 1.54) is 11.3 Å². The summed E-state index contributed by atoms with van der Waals surface area (Å²) in [4.78, 5) is 16.7. The van der Waals surface area contributed by atoms with E-state index in [-0.39, 0.29) is 6.61 Å². The Bertz CT molecular complexity index is 511. The number of thiazole rings is 1. The number of nitrogens with one attached hydrogen (secondary N) is 1. The first-order chi connectivity index (χ1) is 8.78. The quantitative estimate of drug-likeness (QED) is 0.918. The highest BCUT2D eigenvalue weighted by molar-refractivity contribution is 7.15. The second-order valence-electron chi connectivity index (χ2n) is 3.67. The molecule has 0 saturated heterocycles. The molecule has 2 aromatic rings. The minimum absolute atomic E-state index is 0.263. The van der Waals surface area contributed by atoms with E-state index in [1.807, 2.05) is 37.3 Å². The van der Waals surface area contributed by atoms with E-state index in [9.17, 15) is 4.79 Å². The predicted octanol–water partition coefficient (Wildman–Crippen LogP) is 3.45. The highest BCUT2D eigenvalue weighted by Crippen LogP contribution is 2.18. The number of benzene rings is 1. The molecule has 1 N–H and O–H groups in total. The molecule has 18 heavy (non-hydrogen) atoms. The van der Waals surface area contributed by atoms with Crippen LogP contribution in [0.3, 0.4) is 0 Å². The third-order valence-electron chi connectivity index (χ3n) is 2.32. The van der Waals surface area contributed by atoms with Crippen molar-refractivity contribution >= 4 is 22.6 Å². The van der Waals surface area contributed by atoms with E-state index in [2.05, 4.69) is 10.3 Å². The number of hydrogen-bond donors (Lipinski definition) is 1. The number of aromatic nitrogens is 1. The smallest absolute Gasteiger partial charge is 0.413 e. The monoisotopic (exact) mass is 262 g/mol. The molecular formula is C13H14N2O2S. The summed E-state index contributed by atoms with van der Waals surface area (Å²) in [6.45, 7) is 2.31. The van der Waals surface area contributed by atoms with E-state index in [0.29, 0.717) is 5.13 Å². The molecule has 0 fully saturated rings. The Morgan fingerprint density at radius 3 is 2.83 bits per heavy atom. The van der Waals surface area contributed by atoms with E-state index in [1.54, 1.807) is 6.20 Å². The lowest BCUT2D eigenvalue weighted by atomic mass is 10.2. The topological polar surface area (TPSA) is 51.2 Å². The summed E-state index contributed by atoms with van der Waals surface area (Å²) in [5, 5.41) is 3.19. The van der Waals surface area contributed by atoms with Crippen molar-refractivity contribution < 1.29 is 9.53 Å². The van der Waals surface area contributed by atoms with E-state index < -0.39 is 6.09 Å². The maximum Gasteiger partial charge on any atom is 0.413 e. The first-order valence-corrected chi connectivity index (χ1v) is 6.52. The van der Waals surface area contributed by atoms with E-state index in [0.717, 1.165) is 16.9 Å². The molecular weight excluding hydrogens is 248 g/mol. The molecule has 1 aromatic carbocycles. The van der Waals surface area contributed by atoms with Gasteiger partial charge in [0.05, 0.1) is 0 Å². The summed E-state index contributed by atoms with van der Waals surface area (Å²) in [7, 11) is 0. The normalized spacial score (nSPS) is 10.1. The van der Waals surface area contributed by atoms with Crippen molar-refractivity contribution in [1.82, 2.24) is 4.98 Å². The molecule has 1 aromatic heterocycles. The van der Waals surface area contributed by atoms with Gasteiger partial charge in [-0.3, -0.25) is 5.32 Å². The Hall–Kier alpha value is -1.88. The summed E-state index contributed by atoms with van der Waals surface area (Å²) < 4.78 is 5.09. The van der Waals surface area contributed by atoms with Crippen LogP contribution in [0.25, 0.3) is 0 Å². The Morgan fingerprint density at radius 2 is 2.17 bits per heavy atom. The second kappa shape index (κ2) is 6.16. The number of ether oxygens (including phenoxy) is 1. The second-order valence-corrected chi connectivity index (χ2v) is 4.79. The van der Waals surface area contributed by atoms with Gasteiger partial charge in [-0.2, -0.15) is 0 Å². The van der Waals surface area contributed by atoms with Gasteiger partial charge in [-0.05, 0) is 12.0 Å². The Kier molecular flexibility index (Phi) is 4.30. The Labute approximate surface area is 110 Å². The van der Waals surface area contributed by atoms with Gasteiger partial charge in [0.2, 0.25) is 0 Å². The lowest BCUT2D eigenvalue weighted by Gasteiger charge is -2.04. The van der Waals surface area contributed by atoms with Crippen LogP contribution in [0.5, 0.6) is 0 Å². The highest BCUT2D eigenvalue weighted by Gasteiger charge is 2.06. The molecule has 4 nitrogen and oxygen atoms in total. The van der Waals surface area contributed by atoms with Gasteiger partial charge in [-0.1, -0.05) is 37.3 Å². The molecule has 0 unspecified atom stereocenters. The molecule has 94 valence electrons. The average Bonchev–Trinajstić information content (AvgIpc) is 2.85. The van der Waals surface area contributed by atoms with Crippen molar-refractivity contribution in [1.29, 1.82) is 0 Å². The molecule has 2 rings (SSSR count). The zero-order valence-electron chi connectivity index (χ0n) is 10.1. The molecule has 0 bridgehead atoms. The maximum atomic E-state index is 11.5. The van der Waals surface area contributed by atoms with E-state index in [4.69, 9.17) is 4.74 Å². The van der Waals surface area contributed by atoms with Crippen LogP contribution in [-0.4, -0.2) is 11.1 Å². The number of aryl methyl sites for hydroxylation is 1. The van der Waals surface area contributed by atoms with Crippen molar-refractivity contribution in [2.75, 3.05) is 5.32 Å². The van der Waals surface area contributed by atoms with Crippen LogP contribution in [0, 0.1) is 0 Å². The van der Waals surface area contributed by atoms with Crippen LogP contribution in [0.4, 0.5) is 9.93 Å². The third kappa shape index (κ3) is 3.56. The number of carbonyl (C=O) groups is 1. The maximum absolute atomic E-state index is 11.5. The standard InChI is InChI=1S/C13H14N2O2S/c1-2-11-8-14-12(18-11)15-13(16)17-9-10-6-4-3-5-7-10/h3-8H,2,9H2,1H3,(H,14,15,16). The van der Waals surface area contributed by atoms with Crippen LogP contribution in [-0.2, 0) is 17.8 Å². The molecule has 1 amide bonds. The molecule has 0 atom stereocenters. The summed E-state index contributed by atoms with van der Waals surface area (Å²) in [6, 6.07) is 9.55. The zero-order chi connectivity index (χ0) is 12.8. The number of nitrogens with zero attached hydrogens (tertiary/aromatic N) is 1. The molecule has 0 spiro atoms. The average molecular weight is 262 g/mol. The summed E-state index contributed by atoms with van der Waals surface area (Å²) >= 11 is 1.46. The summed E-state index contributed by atoms with van der Waals surface area (Å²) in [6.07, 6.45) is 2.20. The minimum atomic E-state index is -0.476. The SMILES string of the molecule is CCc1cnc(NC(=O)OCc2ccccc2)s1. The number of carbonyl (C=O) groups excluding carboxylic acids is 1. The van der Waals surface area contributed by atoms with Gasteiger partial charge < -0.3 is 4.74 Å². The van der Waals surface area contributed by atoms with Gasteiger partial charge in [0.1, 0.15) is 6.61 Å². The molecule has 0 radical (unpaired) electrons. The van der Waals surface area contributed by atoms with Gasteiger partial charge in [0.25, 0.3) is 0 Å². The molecule has 1 heterocycles. The van der Waals surface area contributed by atoms with Crippen molar-refractivity contribution in [3.8, 4) is 0 Å². The molecule has 0 aliphatic heterocycles. The highest BCUT2D eigenvalue weighted by atomic mass is 32.1. The molecule has 0 aliphatic carbocycles. The van der Waals surface area contributed by atoms with Gasteiger partial charge in [0.15, 0.2) is 5.13 Å². The lowest BCUT2D eigenvalue weighted by molar-refractivity contribution is 0.155. The van der Waals surface area contributed by atoms with Gasteiger partial charge in [0, 0.05) is 11.1 Å². The minimum Gasteiger partial charge on any atom is -0.444 e. The predicted molar refractivity (Wildman–Crippen MR) is 71.7 cm³/mol. The molecule has 5 heteroatoms. The summed E-state index contributed by atoms with van der Waals surface area (Å²) in [5.41, 5.74) is 0.959. The molecule has 0 aliphatic rings. The van der Waals surface area contributed by atoms with Crippen LogP contribution in [0.15, 0.2) is 36.5 Å². The summed E-state index contributed by atoms with van der Waals surface area (Å²) in [5.74, 6) is 0. The van der Waals surface area contributed by atoms with Crippen LogP contribution >= 0.6 is 11.3 Å². The first-order valence-electron chi connectivity index (χ1n) is 5.70. The van der Waals surface area contributed by atoms with Gasteiger partial charge >= 0.3 is 6.09 Å². The number of anilines is 1. The lowest BCUT2D eigenvalue weighted by Crippen LogP contribution is -2.13. The van der Waals surface area contributed by atoms with Crippen LogP contribution in [0.2, 0.25) is 0 Å². The van der Waals surface area contributed by atoms with Crippen molar-refractivity contribution in [3.63, 3.8) is 0 Å². The van der Waals surface area contributed by atoms with Gasteiger partial charge in [-0.15, -0.1) is 11.3 Å². The number of amides is 1. The fourth-order valence-electron chi connectivity index (χ4n) is 1.38.